The summed E-state index contributed by atoms with van der Waals surface area (Å²) in [5, 5.41) is 9.85. The zero-order valence-electron chi connectivity index (χ0n) is 17.2. The van der Waals surface area contributed by atoms with Gasteiger partial charge in [0.2, 0.25) is 0 Å². The van der Waals surface area contributed by atoms with Crippen molar-refractivity contribution in [3.05, 3.63) is 64.2 Å². The lowest BCUT2D eigenvalue weighted by molar-refractivity contribution is -0.158. The van der Waals surface area contributed by atoms with Crippen LogP contribution < -0.4 is 0 Å². The Labute approximate surface area is 184 Å². The number of hydrogen-bond donors (Lipinski definition) is 1. The number of alkyl halides is 3. The summed E-state index contributed by atoms with van der Waals surface area (Å²) in [5.74, 6) is -0.341. The zero-order valence-corrected chi connectivity index (χ0v) is 18.0. The molecule has 0 unspecified atom stereocenters. The number of esters is 1. The Morgan fingerprint density at radius 3 is 2.48 bits per heavy atom. The van der Waals surface area contributed by atoms with E-state index in [0.29, 0.717) is 38.0 Å². The van der Waals surface area contributed by atoms with Crippen LogP contribution in [0.15, 0.2) is 42.5 Å². The highest BCUT2D eigenvalue weighted by molar-refractivity contribution is 6.32. The van der Waals surface area contributed by atoms with Crippen molar-refractivity contribution in [3.63, 3.8) is 0 Å². The van der Waals surface area contributed by atoms with Crippen molar-refractivity contribution < 1.29 is 27.8 Å². The topological polar surface area (TPSA) is 49.8 Å². The van der Waals surface area contributed by atoms with Crippen LogP contribution in [0.1, 0.15) is 36.5 Å². The number of aromatic hydroxyl groups is 1. The molecule has 0 radical (unpaired) electrons. The lowest BCUT2D eigenvalue weighted by Gasteiger charge is -2.40. The molecule has 3 rings (SSSR count). The lowest BCUT2D eigenvalue weighted by Crippen LogP contribution is -2.46. The first-order valence-corrected chi connectivity index (χ1v) is 10.5. The van der Waals surface area contributed by atoms with Gasteiger partial charge in [-0.05, 0) is 68.6 Å². The van der Waals surface area contributed by atoms with Gasteiger partial charge in [0.05, 0.1) is 22.6 Å². The number of phenols is 1. The summed E-state index contributed by atoms with van der Waals surface area (Å²) in [6, 6.07) is 10.2. The maximum atomic E-state index is 13.1. The normalized spacial score (nSPS) is 16.8. The van der Waals surface area contributed by atoms with E-state index in [0.717, 1.165) is 17.7 Å². The summed E-state index contributed by atoms with van der Waals surface area (Å²) >= 11 is 5.98. The molecule has 0 bridgehead atoms. The molecule has 4 nitrogen and oxygen atoms in total. The summed E-state index contributed by atoms with van der Waals surface area (Å²) in [6.07, 6.45) is -3.27. The monoisotopic (exact) mass is 455 g/mol. The second-order valence-corrected chi connectivity index (χ2v) is 8.34. The van der Waals surface area contributed by atoms with Gasteiger partial charge in [0.1, 0.15) is 5.75 Å². The number of phenolic OH excluding ortho intramolecular Hbond substituents is 1. The molecule has 0 saturated carbocycles. The Morgan fingerprint density at radius 1 is 1.16 bits per heavy atom. The molecule has 0 atom stereocenters. The first-order chi connectivity index (χ1) is 14.6. The molecule has 2 aromatic carbocycles. The van der Waals surface area contributed by atoms with E-state index in [1.807, 2.05) is 0 Å². The molecule has 0 amide bonds. The van der Waals surface area contributed by atoms with Crippen LogP contribution in [0.2, 0.25) is 5.02 Å². The molecule has 0 spiro atoms. The minimum absolute atomic E-state index is 0.0199. The first kappa shape index (κ1) is 23.4. The van der Waals surface area contributed by atoms with Crippen molar-refractivity contribution in [2.75, 3.05) is 19.7 Å². The van der Waals surface area contributed by atoms with Crippen LogP contribution in [0.3, 0.4) is 0 Å². The van der Waals surface area contributed by atoms with Crippen molar-refractivity contribution in [3.8, 4) is 5.75 Å². The van der Waals surface area contributed by atoms with E-state index < -0.39 is 17.2 Å². The summed E-state index contributed by atoms with van der Waals surface area (Å²) in [4.78, 5) is 15.0. The van der Waals surface area contributed by atoms with E-state index in [1.54, 1.807) is 25.1 Å². The highest BCUT2D eigenvalue weighted by Crippen LogP contribution is 2.38. The number of piperidine rings is 1. The minimum atomic E-state index is -4.43. The average molecular weight is 456 g/mol. The molecule has 168 valence electrons. The molecule has 1 N–H and O–H groups in total. The van der Waals surface area contributed by atoms with Gasteiger partial charge in [-0.3, -0.25) is 9.69 Å². The molecule has 8 heteroatoms. The predicted molar refractivity (Wildman–Crippen MR) is 112 cm³/mol. The van der Waals surface area contributed by atoms with Gasteiger partial charge in [-0.15, -0.1) is 0 Å². The molecule has 2 aromatic rings. The molecule has 1 aliphatic heterocycles. The first-order valence-electron chi connectivity index (χ1n) is 10.2. The Morgan fingerprint density at radius 2 is 1.87 bits per heavy atom. The van der Waals surface area contributed by atoms with Gasteiger partial charge >= 0.3 is 12.1 Å². The van der Waals surface area contributed by atoms with Crippen molar-refractivity contribution in [1.29, 1.82) is 0 Å². The van der Waals surface area contributed by atoms with Gasteiger partial charge < -0.3 is 9.84 Å². The number of hydrogen-bond acceptors (Lipinski definition) is 4. The van der Waals surface area contributed by atoms with E-state index in [-0.39, 0.29) is 29.8 Å². The Kier molecular flexibility index (Phi) is 7.17. The summed E-state index contributed by atoms with van der Waals surface area (Å²) in [6.45, 7) is 3.73. The maximum Gasteiger partial charge on any atom is 0.416 e. The van der Waals surface area contributed by atoms with Gasteiger partial charge in [0, 0.05) is 6.54 Å². The number of ether oxygens (including phenoxy) is 1. The van der Waals surface area contributed by atoms with E-state index >= 15 is 0 Å². The second kappa shape index (κ2) is 9.49. The third-order valence-corrected chi connectivity index (χ3v) is 6.04. The van der Waals surface area contributed by atoms with Gasteiger partial charge in [0.15, 0.2) is 0 Å². The summed E-state index contributed by atoms with van der Waals surface area (Å²) in [5.41, 5.74) is -0.166. The molecule has 0 aromatic heterocycles. The number of carbonyl (C=O) groups excluding carboxylic acids is 1. The number of halogens is 4. The van der Waals surface area contributed by atoms with Crippen molar-refractivity contribution >= 4 is 17.6 Å². The zero-order chi connectivity index (χ0) is 22.6. The Bertz CT molecular complexity index is 925. The second-order valence-electron chi connectivity index (χ2n) is 7.94. The van der Waals surface area contributed by atoms with Gasteiger partial charge in [-0.1, -0.05) is 35.9 Å². The van der Waals surface area contributed by atoms with Crippen LogP contribution in [-0.4, -0.2) is 35.7 Å². The average Bonchev–Trinajstić information content (AvgIpc) is 2.72. The fraction of sp³-hybridized carbons (Fsp3) is 0.435. The summed E-state index contributed by atoms with van der Waals surface area (Å²) < 4.78 is 44.6. The van der Waals surface area contributed by atoms with E-state index in [2.05, 4.69) is 4.90 Å². The number of carbonyl (C=O) groups is 1. The third-order valence-electron chi connectivity index (χ3n) is 5.74. The van der Waals surface area contributed by atoms with Gasteiger partial charge in [0.25, 0.3) is 0 Å². The maximum absolute atomic E-state index is 13.1. The fourth-order valence-electron chi connectivity index (χ4n) is 4.03. The standard InChI is InChI=1S/C23H25ClF3NO3/c1-2-31-21(30)22(14-16-4-3-5-18(12-16)23(25,26)27)8-10-28(11-9-22)15-17-6-7-20(29)19(24)13-17/h3-7,12-13,29H,2,8-11,14-15H2,1H3. The number of rotatable bonds is 6. The molecular weight excluding hydrogens is 431 g/mol. The summed E-state index contributed by atoms with van der Waals surface area (Å²) in [7, 11) is 0. The molecule has 0 aliphatic carbocycles. The lowest BCUT2D eigenvalue weighted by atomic mass is 9.73. The van der Waals surface area contributed by atoms with Crippen LogP contribution in [-0.2, 0) is 28.7 Å². The number of nitrogens with zero attached hydrogens (tertiary/aromatic N) is 1. The van der Waals surface area contributed by atoms with Crippen LogP contribution >= 0.6 is 11.6 Å². The van der Waals surface area contributed by atoms with Gasteiger partial charge in [-0.2, -0.15) is 13.2 Å². The van der Waals surface area contributed by atoms with Crippen molar-refractivity contribution in [2.24, 2.45) is 5.41 Å². The smallest absolute Gasteiger partial charge is 0.416 e. The van der Waals surface area contributed by atoms with E-state index in [1.165, 1.54) is 12.1 Å². The van der Waals surface area contributed by atoms with E-state index in [9.17, 15) is 23.1 Å². The van der Waals surface area contributed by atoms with Crippen molar-refractivity contribution in [1.82, 2.24) is 4.90 Å². The quantitative estimate of drug-likeness (QED) is 0.588. The molecule has 1 saturated heterocycles. The Hall–Kier alpha value is -2.25. The van der Waals surface area contributed by atoms with E-state index in [4.69, 9.17) is 16.3 Å². The minimum Gasteiger partial charge on any atom is -0.506 e. The Balaban J connectivity index is 1.75. The number of benzene rings is 2. The van der Waals surface area contributed by atoms with Crippen LogP contribution in [0.5, 0.6) is 5.75 Å². The largest absolute Gasteiger partial charge is 0.506 e. The van der Waals surface area contributed by atoms with Gasteiger partial charge in [-0.25, -0.2) is 0 Å². The third kappa shape index (κ3) is 5.71. The predicted octanol–water partition coefficient (Wildman–Crippen LogP) is 5.45. The van der Waals surface area contributed by atoms with Crippen LogP contribution in [0.25, 0.3) is 0 Å². The highest BCUT2D eigenvalue weighted by Gasteiger charge is 2.43. The van der Waals surface area contributed by atoms with Crippen molar-refractivity contribution in [2.45, 2.75) is 38.9 Å². The fourth-order valence-corrected chi connectivity index (χ4v) is 4.23. The molecule has 31 heavy (non-hydrogen) atoms. The SMILES string of the molecule is CCOC(=O)C1(Cc2cccc(C(F)(F)F)c2)CCN(Cc2ccc(O)c(Cl)c2)CC1. The molecule has 1 fully saturated rings. The molecule has 1 aliphatic rings. The number of likely N-dealkylation sites (tertiary alicyclic amines) is 1. The molecular formula is C23H25ClF3NO3. The molecule has 1 heterocycles. The van der Waals surface area contributed by atoms with Crippen LogP contribution in [0, 0.1) is 5.41 Å². The van der Waals surface area contributed by atoms with Crippen LogP contribution in [0.4, 0.5) is 13.2 Å². The highest BCUT2D eigenvalue weighted by atomic mass is 35.5.